The van der Waals surface area contributed by atoms with Gasteiger partial charge in [-0.2, -0.15) is 16.2 Å². The highest BCUT2D eigenvalue weighted by atomic mass is 32.2. The Morgan fingerprint density at radius 3 is 2.87 bits per heavy atom. The summed E-state index contributed by atoms with van der Waals surface area (Å²) in [5.41, 5.74) is 4.20. The average Bonchev–Trinajstić information content (AvgIpc) is 3.66. The first-order valence-corrected chi connectivity index (χ1v) is 14.9. The van der Waals surface area contributed by atoms with Crippen LogP contribution in [0.3, 0.4) is 0 Å². The maximum atomic E-state index is 13.4. The smallest absolute Gasteiger partial charge is 0.213 e. The summed E-state index contributed by atoms with van der Waals surface area (Å²) < 4.78 is 27.4. The Labute approximate surface area is 231 Å². The Hall–Kier alpha value is -3.08. The van der Waals surface area contributed by atoms with Crippen LogP contribution in [0.25, 0.3) is 0 Å². The number of hydrogen-bond acceptors (Lipinski definition) is 8. The van der Waals surface area contributed by atoms with Crippen molar-refractivity contribution in [1.29, 1.82) is 0 Å². The zero-order valence-electron chi connectivity index (χ0n) is 21.0. The largest absolute Gasteiger partial charge is 0.489 e. The lowest BCUT2D eigenvalue weighted by atomic mass is 10.1. The summed E-state index contributed by atoms with van der Waals surface area (Å²) in [5, 5.41) is 6.31. The van der Waals surface area contributed by atoms with Crippen molar-refractivity contribution in [2.24, 2.45) is 0 Å². The van der Waals surface area contributed by atoms with Gasteiger partial charge in [0.25, 0.3) is 0 Å². The number of ether oxygens (including phenoxy) is 2. The molecule has 10 heteroatoms. The van der Waals surface area contributed by atoms with Crippen LogP contribution in [0.4, 0.5) is 15.2 Å². The number of nitrogens with zero attached hydrogens (tertiary/aromatic N) is 4. The summed E-state index contributed by atoms with van der Waals surface area (Å²) >= 11 is 3.54. The maximum Gasteiger partial charge on any atom is 0.213 e. The minimum absolute atomic E-state index is 0. The standard InChI is InChI=1S/C28H30FN5O2S2.H2/c29-27-13-20(9-10-30-27)14-33-11-1-3-22(33)15-35-19-31-28-32-25(18-38-28)26-4-2-12-34(26)21-5-7-23(8-6-21)36-24-16-37-17-24;/h1,3,5-11,13,18,24,26H,2,4,12,14-17,19H2,(H,31,32);1H/t26-;/m1./s1. The molecule has 2 saturated heterocycles. The van der Waals surface area contributed by atoms with Gasteiger partial charge in [-0.3, -0.25) is 0 Å². The van der Waals surface area contributed by atoms with Crippen LogP contribution in [0.5, 0.6) is 5.75 Å². The van der Waals surface area contributed by atoms with Crippen molar-refractivity contribution in [3.8, 4) is 5.75 Å². The summed E-state index contributed by atoms with van der Waals surface area (Å²) in [6.45, 7) is 2.40. The van der Waals surface area contributed by atoms with Crippen LogP contribution in [-0.4, -0.2) is 45.4 Å². The van der Waals surface area contributed by atoms with Crippen molar-refractivity contribution >= 4 is 33.9 Å². The number of benzene rings is 1. The second-order valence-corrected chi connectivity index (χ2v) is 11.4. The molecule has 0 spiro atoms. The molecular formula is C28H32FN5O2S2. The summed E-state index contributed by atoms with van der Waals surface area (Å²) in [6.07, 6.45) is 6.06. The monoisotopic (exact) mass is 553 g/mol. The van der Waals surface area contributed by atoms with Crippen LogP contribution in [-0.2, 0) is 17.9 Å². The highest BCUT2D eigenvalue weighted by Gasteiger charge is 2.28. The van der Waals surface area contributed by atoms with Gasteiger partial charge in [0.2, 0.25) is 5.95 Å². The van der Waals surface area contributed by atoms with Gasteiger partial charge in [0.15, 0.2) is 5.13 Å². The van der Waals surface area contributed by atoms with Crippen molar-refractivity contribution in [2.45, 2.75) is 38.1 Å². The molecule has 4 aromatic rings. The Morgan fingerprint density at radius 2 is 2.05 bits per heavy atom. The lowest BCUT2D eigenvalue weighted by Gasteiger charge is -2.27. The molecule has 0 aliphatic carbocycles. The van der Waals surface area contributed by atoms with Gasteiger partial charge in [0, 0.05) is 55.2 Å². The lowest BCUT2D eigenvalue weighted by molar-refractivity contribution is 0.133. The third kappa shape index (κ3) is 5.98. The Balaban J connectivity index is 0.00000308. The fraction of sp³-hybridized carbons (Fsp3) is 0.357. The van der Waals surface area contributed by atoms with E-state index in [1.807, 2.05) is 36.2 Å². The van der Waals surface area contributed by atoms with Crippen LogP contribution >= 0.6 is 23.1 Å². The van der Waals surface area contributed by atoms with E-state index in [0.717, 1.165) is 58.7 Å². The van der Waals surface area contributed by atoms with Gasteiger partial charge < -0.3 is 24.3 Å². The third-order valence-electron chi connectivity index (χ3n) is 6.84. The molecule has 1 N–H and O–H groups in total. The molecule has 0 unspecified atom stereocenters. The molecule has 200 valence electrons. The number of hydrogen-bond donors (Lipinski definition) is 1. The molecule has 6 rings (SSSR count). The number of nitrogens with one attached hydrogen (secondary N) is 1. The fourth-order valence-corrected chi connectivity index (χ4v) is 6.14. The molecule has 7 nitrogen and oxygen atoms in total. The molecule has 1 atom stereocenters. The highest BCUT2D eigenvalue weighted by molar-refractivity contribution is 8.00. The predicted molar refractivity (Wildman–Crippen MR) is 153 cm³/mol. The Bertz CT molecular complexity index is 1350. The van der Waals surface area contributed by atoms with Crippen molar-refractivity contribution in [3.63, 3.8) is 0 Å². The normalized spacial score (nSPS) is 17.5. The molecule has 0 radical (unpaired) electrons. The minimum Gasteiger partial charge on any atom is -0.489 e. The first-order valence-electron chi connectivity index (χ1n) is 12.8. The highest BCUT2D eigenvalue weighted by Crippen LogP contribution is 2.38. The van der Waals surface area contributed by atoms with Gasteiger partial charge in [-0.05, 0) is 66.9 Å². The molecule has 2 fully saturated rings. The van der Waals surface area contributed by atoms with Gasteiger partial charge in [-0.25, -0.2) is 9.97 Å². The van der Waals surface area contributed by atoms with E-state index in [2.05, 4.69) is 49.4 Å². The minimum atomic E-state index is -0.466. The third-order valence-corrected chi connectivity index (χ3v) is 8.87. The van der Waals surface area contributed by atoms with Gasteiger partial charge in [-0.15, -0.1) is 11.3 Å². The van der Waals surface area contributed by atoms with Crippen molar-refractivity contribution < 1.29 is 15.3 Å². The number of thiazole rings is 1. The quantitative estimate of drug-likeness (QED) is 0.135. The van der Waals surface area contributed by atoms with E-state index >= 15 is 0 Å². The van der Waals surface area contributed by atoms with Crippen molar-refractivity contribution in [3.05, 3.63) is 89.2 Å². The van der Waals surface area contributed by atoms with Crippen LogP contribution < -0.4 is 15.0 Å². The van der Waals surface area contributed by atoms with E-state index in [-0.39, 0.29) is 7.47 Å². The molecule has 2 aliphatic rings. The second kappa shape index (κ2) is 11.8. The molecule has 1 aromatic carbocycles. The summed E-state index contributed by atoms with van der Waals surface area (Å²) in [4.78, 5) is 10.9. The van der Waals surface area contributed by atoms with Crippen LogP contribution in [0.1, 0.15) is 37.3 Å². The van der Waals surface area contributed by atoms with E-state index in [4.69, 9.17) is 14.5 Å². The topological polar surface area (TPSA) is 64.4 Å². The van der Waals surface area contributed by atoms with Crippen molar-refractivity contribution in [2.75, 3.05) is 35.0 Å². The number of anilines is 2. The van der Waals surface area contributed by atoms with E-state index in [1.54, 1.807) is 11.3 Å². The Morgan fingerprint density at radius 1 is 1.16 bits per heavy atom. The number of rotatable bonds is 11. The SMILES string of the molecule is Fc1cc(Cn2cccc2COCNc2nc([C@H]3CCCN3c3ccc(OC4CSC4)cc3)cs2)ccn1.[HH]. The summed E-state index contributed by atoms with van der Waals surface area (Å²) in [7, 11) is 0. The first kappa shape index (κ1) is 25.2. The molecular weight excluding hydrogens is 521 g/mol. The zero-order chi connectivity index (χ0) is 25.7. The molecule has 0 saturated carbocycles. The maximum absolute atomic E-state index is 13.4. The van der Waals surface area contributed by atoms with E-state index in [0.29, 0.717) is 26.0 Å². The van der Waals surface area contributed by atoms with Gasteiger partial charge in [0.05, 0.1) is 18.3 Å². The molecule has 5 heterocycles. The average molecular weight is 554 g/mol. The van der Waals surface area contributed by atoms with Gasteiger partial charge in [-0.1, -0.05) is 0 Å². The molecule has 38 heavy (non-hydrogen) atoms. The van der Waals surface area contributed by atoms with Crippen LogP contribution in [0.2, 0.25) is 0 Å². The number of thioether (sulfide) groups is 1. The molecule has 0 amide bonds. The van der Waals surface area contributed by atoms with Crippen molar-refractivity contribution in [1.82, 2.24) is 14.5 Å². The van der Waals surface area contributed by atoms with E-state index in [1.165, 1.54) is 18.0 Å². The summed E-state index contributed by atoms with van der Waals surface area (Å²) in [6, 6.07) is 16.0. The molecule has 2 aliphatic heterocycles. The van der Waals surface area contributed by atoms with Gasteiger partial charge >= 0.3 is 0 Å². The molecule has 3 aromatic heterocycles. The van der Waals surface area contributed by atoms with E-state index in [9.17, 15) is 4.39 Å². The number of aromatic nitrogens is 3. The lowest BCUT2D eigenvalue weighted by Crippen LogP contribution is -2.31. The van der Waals surface area contributed by atoms with E-state index < -0.39 is 5.95 Å². The summed E-state index contributed by atoms with van der Waals surface area (Å²) in [5.74, 6) is 2.66. The van der Waals surface area contributed by atoms with Crippen LogP contribution in [0.15, 0.2) is 66.3 Å². The fourth-order valence-electron chi connectivity index (χ4n) is 4.84. The van der Waals surface area contributed by atoms with Crippen LogP contribution in [0, 0.1) is 5.95 Å². The molecule has 0 bridgehead atoms. The second-order valence-electron chi connectivity index (χ2n) is 9.48. The number of halogens is 1. The van der Waals surface area contributed by atoms with Gasteiger partial charge in [0.1, 0.15) is 18.6 Å². The zero-order valence-corrected chi connectivity index (χ0v) is 22.6. The number of pyridine rings is 1. The first-order chi connectivity index (χ1) is 18.7. The Kier molecular flexibility index (Phi) is 7.80. The predicted octanol–water partition coefficient (Wildman–Crippen LogP) is 6.19.